The Kier molecular flexibility index (Phi) is 3.80. The minimum absolute atomic E-state index is 0.390. The molecule has 0 spiro atoms. The molecule has 0 bridgehead atoms. The first kappa shape index (κ1) is 11.4. The van der Waals surface area contributed by atoms with Crippen LogP contribution in [0.5, 0.6) is 0 Å². The number of likely N-dealkylation sites (tertiary alicyclic amines) is 1. The van der Waals surface area contributed by atoms with E-state index in [1.165, 1.54) is 31.5 Å². The fourth-order valence-electron chi connectivity index (χ4n) is 2.36. The summed E-state index contributed by atoms with van der Waals surface area (Å²) in [5.74, 6) is 0. The fourth-order valence-corrected chi connectivity index (χ4v) is 2.36. The maximum atomic E-state index is 5.82. The molecular weight excluding hydrogens is 198 g/mol. The molecule has 1 aromatic carbocycles. The van der Waals surface area contributed by atoms with Crippen molar-refractivity contribution in [3.05, 3.63) is 29.8 Å². The lowest BCUT2D eigenvalue weighted by molar-refractivity contribution is 0.299. The van der Waals surface area contributed by atoms with Crippen molar-refractivity contribution in [3.8, 4) is 0 Å². The molecular formula is C13H21N3. The molecule has 16 heavy (non-hydrogen) atoms. The summed E-state index contributed by atoms with van der Waals surface area (Å²) >= 11 is 0. The van der Waals surface area contributed by atoms with Gasteiger partial charge in [0, 0.05) is 18.3 Å². The van der Waals surface area contributed by atoms with E-state index < -0.39 is 0 Å². The molecule has 3 N–H and O–H groups in total. The van der Waals surface area contributed by atoms with Crippen LogP contribution in [0.15, 0.2) is 24.3 Å². The molecule has 3 heteroatoms. The SMILES string of the molecule is CNC(CN1CCCC1)c1cccc(N)c1. The summed E-state index contributed by atoms with van der Waals surface area (Å²) in [5, 5.41) is 3.38. The number of nitrogens with one attached hydrogen (secondary N) is 1. The van der Waals surface area contributed by atoms with Gasteiger partial charge in [-0.25, -0.2) is 0 Å². The second-order valence-electron chi connectivity index (χ2n) is 4.52. The maximum absolute atomic E-state index is 5.82. The Labute approximate surface area is 97.6 Å². The van der Waals surface area contributed by atoms with E-state index in [2.05, 4.69) is 22.3 Å². The molecule has 1 saturated heterocycles. The second kappa shape index (κ2) is 5.32. The summed E-state index contributed by atoms with van der Waals surface area (Å²) in [4.78, 5) is 2.52. The third-order valence-electron chi connectivity index (χ3n) is 3.30. The normalized spacial score (nSPS) is 18.8. The van der Waals surface area contributed by atoms with Crippen LogP contribution < -0.4 is 11.1 Å². The van der Waals surface area contributed by atoms with Crippen molar-refractivity contribution in [2.75, 3.05) is 32.4 Å². The van der Waals surface area contributed by atoms with Gasteiger partial charge >= 0.3 is 0 Å². The van der Waals surface area contributed by atoms with E-state index >= 15 is 0 Å². The van der Waals surface area contributed by atoms with E-state index in [-0.39, 0.29) is 0 Å². The molecule has 88 valence electrons. The maximum Gasteiger partial charge on any atom is 0.0447 e. The van der Waals surface area contributed by atoms with E-state index in [4.69, 9.17) is 5.73 Å². The highest BCUT2D eigenvalue weighted by Crippen LogP contribution is 2.19. The summed E-state index contributed by atoms with van der Waals surface area (Å²) in [6, 6.07) is 8.57. The number of benzene rings is 1. The van der Waals surface area contributed by atoms with Crippen LogP contribution in [0.1, 0.15) is 24.4 Å². The number of rotatable bonds is 4. The van der Waals surface area contributed by atoms with Crippen LogP contribution in [0.3, 0.4) is 0 Å². The predicted molar refractivity (Wildman–Crippen MR) is 68.3 cm³/mol. The molecule has 1 unspecified atom stereocenters. The molecule has 1 heterocycles. The van der Waals surface area contributed by atoms with Crippen LogP contribution in [-0.4, -0.2) is 31.6 Å². The van der Waals surface area contributed by atoms with Gasteiger partial charge < -0.3 is 16.0 Å². The van der Waals surface area contributed by atoms with Crippen molar-refractivity contribution in [3.63, 3.8) is 0 Å². The van der Waals surface area contributed by atoms with Gasteiger partial charge in [0.2, 0.25) is 0 Å². The van der Waals surface area contributed by atoms with Gasteiger partial charge in [0.1, 0.15) is 0 Å². The first-order valence-electron chi connectivity index (χ1n) is 6.04. The van der Waals surface area contributed by atoms with Crippen LogP contribution in [0.4, 0.5) is 5.69 Å². The fraction of sp³-hybridized carbons (Fsp3) is 0.538. The third-order valence-corrected chi connectivity index (χ3v) is 3.30. The summed E-state index contributed by atoms with van der Waals surface area (Å²) in [6.45, 7) is 3.56. The molecule has 0 saturated carbocycles. The molecule has 1 aromatic rings. The number of anilines is 1. The van der Waals surface area contributed by atoms with Crippen molar-refractivity contribution in [1.29, 1.82) is 0 Å². The van der Waals surface area contributed by atoms with Gasteiger partial charge in [0.25, 0.3) is 0 Å². The van der Waals surface area contributed by atoms with Gasteiger partial charge in [0.15, 0.2) is 0 Å². The van der Waals surface area contributed by atoms with Gasteiger partial charge in [-0.2, -0.15) is 0 Å². The Bertz CT molecular complexity index is 332. The zero-order valence-corrected chi connectivity index (χ0v) is 9.95. The number of nitrogens with zero attached hydrogens (tertiary/aromatic N) is 1. The van der Waals surface area contributed by atoms with Crippen molar-refractivity contribution in [2.24, 2.45) is 0 Å². The quantitative estimate of drug-likeness (QED) is 0.756. The summed E-state index contributed by atoms with van der Waals surface area (Å²) in [5.41, 5.74) is 7.95. The number of nitrogens with two attached hydrogens (primary N) is 1. The Morgan fingerprint density at radius 2 is 2.12 bits per heavy atom. The van der Waals surface area contributed by atoms with Gasteiger partial charge in [0.05, 0.1) is 0 Å². The van der Waals surface area contributed by atoms with E-state index in [1.807, 2.05) is 19.2 Å². The van der Waals surface area contributed by atoms with Crippen molar-refractivity contribution >= 4 is 5.69 Å². The first-order valence-corrected chi connectivity index (χ1v) is 6.04. The molecule has 1 aliphatic rings. The van der Waals surface area contributed by atoms with E-state index in [0.29, 0.717) is 6.04 Å². The van der Waals surface area contributed by atoms with Crippen molar-refractivity contribution < 1.29 is 0 Å². The molecule has 2 rings (SSSR count). The predicted octanol–water partition coefficient (Wildman–Crippen LogP) is 1.63. The van der Waals surface area contributed by atoms with Crippen LogP contribution in [0.2, 0.25) is 0 Å². The van der Waals surface area contributed by atoms with Crippen LogP contribution >= 0.6 is 0 Å². The molecule has 1 atom stereocenters. The third kappa shape index (κ3) is 2.74. The molecule has 1 fully saturated rings. The summed E-state index contributed by atoms with van der Waals surface area (Å²) in [7, 11) is 2.02. The lowest BCUT2D eigenvalue weighted by Gasteiger charge is -2.23. The Morgan fingerprint density at radius 1 is 1.38 bits per heavy atom. The molecule has 0 radical (unpaired) electrons. The topological polar surface area (TPSA) is 41.3 Å². The Hall–Kier alpha value is -1.06. The van der Waals surface area contributed by atoms with Crippen LogP contribution in [-0.2, 0) is 0 Å². The molecule has 0 aromatic heterocycles. The highest BCUT2D eigenvalue weighted by Gasteiger charge is 2.17. The Balaban J connectivity index is 2.03. The van der Waals surface area contributed by atoms with Gasteiger partial charge in [-0.1, -0.05) is 12.1 Å². The summed E-state index contributed by atoms with van der Waals surface area (Å²) in [6.07, 6.45) is 2.68. The number of nitrogen functional groups attached to an aromatic ring is 1. The zero-order chi connectivity index (χ0) is 11.4. The standard InChI is InChI=1S/C13H21N3/c1-15-13(10-16-7-2-3-8-16)11-5-4-6-12(14)9-11/h4-6,9,13,15H,2-3,7-8,10,14H2,1H3. The van der Waals surface area contributed by atoms with Crippen LogP contribution in [0, 0.1) is 0 Å². The van der Waals surface area contributed by atoms with E-state index in [0.717, 1.165) is 12.2 Å². The van der Waals surface area contributed by atoms with Crippen molar-refractivity contribution in [2.45, 2.75) is 18.9 Å². The number of hydrogen-bond donors (Lipinski definition) is 2. The highest BCUT2D eigenvalue weighted by molar-refractivity contribution is 5.41. The first-order chi connectivity index (χ1) is 7.79. The Morgan fingerprint density at radius 3 is 2.75 bits per heavy atom. The van der Waals surface area contributed by atoms with E-state index in [9.17, 15) is 0 Å². The zero-order valence-electron chi connectivity index (χ0n) is 9.95. The average Bonchev–Trinajstić information content (AvgIpc) is 2.78. The van der Waals surface area contributed by atoms with Crippen molar-refractivity contribution in [1.82, 2.24) is 10.2 Å². The summed E-state index contributed by atoms with van der Waals surface area (Å²) < 4.78 is 0. The number of hydrogen-bond acceptors (Lipinski definition) is 3. The van der Waals surface area contributed by atoms with Gasteiger partial charge in [-0.05, 0) is 50.7 Å². The second-order valence-corrected chi connectivity index (χ2v) is 4.52. The molecule has 1 aliphatic heterocycles. The lowest BCUT2D eigenvalue weighted by atomic mass is 10.1. The molecule has 0 aliphatic carbocycles. The van der Waals surface area contributed by atoms with E-state index in [1.54, 1.807) is 0 Å². The minimum atomic E-state index is 0.390. The minimum Gasteiger partial charge on any atom is -0.399 e. The molecule has 0 amide bonds. The van der Waals surface area contributed by atoms with Gasteiger partial charge in [-0.15, -0.1) is 0 Å². The largest absolute Gasteiger partial charge is 0.399 e. The lowest BCUT2D eigenvalue weighted by Crippen LogP contribution is -2.31. The monoisotopic (exact) mass is 219 g/mol. The number of likely N-dealkylation sites (N-methyl/N-ethyl adjacent to an activating group) is 1. The van der Waals surface area contributed by atoms with Crippen LogP contribution in [0.25, 0.3) is 0 Å². The van der Waals surface area contributed by atoms with Gasteiger partial charge in [-0.3, -0.25) is 0 Å². The smallest absolute Gasteiger partial charge is 0.0447 e. The molecule has 3 nitrogen and oxygen atoms in total. The highest BCUT2D eigenvalue weighted by atomic mass is 15.2. The average molecular weight is 219 g/mol.